The monoisotopic (exact) mass is 384 g/mol. The zero-order valence-electron chi connectivity index (χ0n) is 16.6. The van der Waals surface area contributed by atoms with E-state index in [1.807, 2.05) is 40.7 Å². The lowest BCUT2D eigenvalue weighted by molar-refractivity contribution is -0.139. The van der Waals surface area contributed by atoms with E-state index in [9.17, 15) is 18.7 Å². The minimum atomic E-state index is -2.67. The van der Waals surface area contributed by atoms with Crippen molar-refractivity contribution in [1.82, 2.24) is 0 Å². The maximum Gasteiger partial charge on any atom is 0.311 e. The van der Waals surface area contributed by atoms with Crippen molar-refractivity contribution in [2.75, 3.05) is 0 Å². The van der Waals surface area contributed by atoms with Crippen LogP contribution in [0.3, 0.4) is 0 Å². The molecule has 0 saturated heterocycles. The van der Waals surface area contributed by atoms with Crippen molar-refractivity contribution in [1.29, 1.82) is 0 Å². The molecule has 0 saturated carbocycles. The SMILES string of the molecule is Cc1sc(C)c(C(CC(C)(C)C)C(=O)O)c1C1=CCC(C(C)(F)F)CC1. The molecule has 26 heavy (non-hydrogen) atoms. The average Bonchev–Trinajstić information content (AvgIpc) is 2.77. The second kappa shape index (κ2) is 7.41. The van der Waals surface area contributed by atoms with E-state index in [2.05, 4.69) is 0 Å². The Morgan fingerprint density at radius 2 is 1.88 bits per heavy atom. The molecule has 1 aliphatic rings. The van der Waals surface area contributed by atoms with Crippen LogP contribution in [-0.2, 0) is 4.79 Å². The summed E-state index contributed by atoms with van der Waals surface area (Å²) in [6, 6.07) is 0. The van der Waals surface area contributed by atoms with Crippen LogP contribution in [0, 0.1) is 25.2 Å². The molecule has 0 amide bonds. The molecule has 1 aromatic heterocycles. The Bertz CT molecular complexity index is 705. The van der Waals surface area contributed by atoms with Gasteiger partial charge in [-0.2, -0.15) is 0 Å². The van der Waals surface area contributed by atoms with E-state index in [0.717, 1.165) is 33.4 Å². The lowest BCUT2D eigenvalue weighted by atomic mass is 9.77. The first-order valence-corrected chi connectivity index (χ1v) is 10.0. The van der Waals surface area contributed by atoms with Gasteiger partial charge in [-0.1, -0.05) is 26.8 Å². The first-order chi connectivity index (χ1) is 11.8. The zero-order chi connectivity index (χ0) is 19.9. The smallest absolute Gasteiger partial charge is 0.311 e. The summed E-state index contributed by atoms with van der Waals surface area (Å²) in [5.41, 5.74) is 2.83. The Labute approximate surface area is 159 Å². The largest absolute Gasteiger partial charge is 0.481 e. The number of allylic oxidation sites excluding steroid dienone is 2. The normalized spacial score (nSPS) is 20.0. The van der Waals surface area contributed by atoms with E-state index in [-0.39, 0.29) is 5.41 Å². The summed E-state index contributed by atoms with van der Waals surface area (Å²) in [6.45, 7) is 11.1. The van der Waals surface area contributed by atoms with Gasteiger partial charge in [0.1, 0.15) is 0 Å². The van der Waals surface area contributed by atoms with Gasteiger partial charge in [-0.3, -0.25) is 4.79 Å². The van der Waals surface area contributed by atoms with Crippen LogP contribution in [0.5, 0.6) is 0 Å². The number of aliphatic carboxylic acids is 1. The van der Waals surface area contributed by atoms with Gasteiger partial charge in [0.15, 0.2) is 0 Å². The summed E-state index contributed by atoms with van der Waals surface area (Å²) in [5, 5.41) is 9.88. The van der Waals surface area contributed by atoms with Gasteiger partial charge in [0.25, 0.3) is 0 Å². The van der Waals surface area contributed by atoms with Crippen LogP contribution >= 0.6 is 11.3 Å². The number of hydrogen-bond acceptors (Lipinski definition) is 2. The van der Waals surface area contributed by atoms with Crippen molar-refractivity contribution < 1.29 is 18.7 Å². The Morgan fingerprint density at radius 3 is 2.31 bits per heavy atom. The first-order valence-electron chi connectivity index (χ1n) is 9.21. The average molecular weight is 385 g/mol. The molecule has 0 fully saturated rings. The fraction of sp³-hybridized carbons (Fsp3) is 0.667. The molecule has 2 nitrogen and oxygen atoms in total. The van der Waals surface area contributed by atoms with Crippen molar-refractivity contribution >= 4 is 22.9 Å². The molecule has 146 valence electrons. The molecule has 1 aliphatic carbocycles. The van der Waals surface area contributed by atoms with E-state index in [4.69, 9.17) is 0 Å². The van der Waals surface area contributed by atoms with Gasteiger partial charge >= 0.3 is 5.97 Å². The van der Waals surface area contributed by atoms with E-state index in [1.54, 1.807) is 11.3 Å². The van der Waals surface area contributed by atoms with E-state index in [0.29, 0.717) is 25.7 Å². The highest BCUT2D eigenvalue weighted by atomic mass is 32.1. The number of hydrogen-bond donors (Lipinski definition) is 1. The molecule has 5 heteroatoms. The summed E-state index contributed by atoms with van der Waals surface area (Å²) in [7, 11) is 0. The fourth-order valence-corrected chi connectivity index (χ4v) is 5.12. The third kappa shape index (κ3) is 4.73. The Morgan fingerprint density at radius 1 is 1.27 bits per heavy atom. The summed E-state index contributed by atoms with van der Waals surface area (Å²) in [6.07, 6.45) is 3.85. The van der Waals surface area contributed by atoms with Crippen LogP contribution in [0.2, 0.25) is 0 Å². The molecular weight excluding hydrogens is 354 g/mol. The maximum absolute atomic E-state index is 13.6. The highest BCUT2D eigenvalue weighted by Gasteiger charge is 2.37. The number of thiophene rings is 1. The van der Waals surface area contributed by atoms with Gasteiger partial charge in [0.05, 0.1) is 5.92 Å². The first kappa shape index (κ1) is 21.1. The summed E-state index contributed by atoms with van der Waals surface area (Å²) in [4.78, 5) is 14.2. The summed E-state index contributed by atoms with van der Waals surface area (Å²) in [5.74, 6) is -4.67. The number of carbonyl (C=O) groups is 1. The fourth-order valence-electron chi connectivity index (χ4n) is 3.97. The van der Waals surface area contributed by atoms with Gasteiger partial charge in [0, 0.05) is 15.7 Å². The number of carboxylic acids is 1. The van der Waals surface area contributed by atoms with E-state index >= 15 is 0 Å². The Kier molecular flexibility index (Phi) is 6.01. The molecule has 2 rings (SSSR count). The second-order valence-corrected chi connectivity index (χ2v) is 10.2. The minimum Gasteiger partial charge on any atom is -0.481 e. The molecular formula is C21H30F2O2S. The predicted octanol–water partition coefficient (Wildman–Crippen LogP) is 6.81. The number of aryl methyl sites for hydroxylation is 2. The van der Waals surface area contributed by atoms with Crippen LogP contribution in [0.15, 0.2) is 6.08 Å². The quantitative estimate of drug-likeness (QED) is 0.605. The van der Waals surface area contributed by atoms with Gasteiger partial charge in [-0.05, 0) is 68.6 Å². The van der Waals surface area contributed by atoms with Gasteiger partial charge in [-0.15, -0.1) is 11.3 Å². The molecule has 0 radical (unpaired) electrons. The highest BCUT2D eigenvalue weighted by molar-refractivity contribution is 7.12. The Hall–Kier alpha value is -1.23. The molecule has 0 aromatic carbocycles. The zero-order valence-corrected chi connectivity index (χ0v) is 17.4. The van der Waals surface area contributed by atoms with Crippen LogP contribution in [0.4, 0.5) is 8.78 Å². The van der Waals surface area contributed by atoms with Crippen LogP contribution in [-0.4, -0.2) is 17.0 Å². The lowest BCUT2D eigenvalue weighted by Crippen LogP contribution is -2.26. The predicted molar refractivity (Wildman–Crippen MR) is 104 cm³/mol. The number of rotatable bonds is 5. The topological polar surface area (TPSA) is 37.3 Å². The van der Waals surface area contributed by atoms with Crippen molar-refractivity contribution in [2.24, 2.45) is 11.3 Å². The molecule has 1 aromatic rings. The molecule has 0 bridgehead atoms. The third-order valence-corrected chi connectivity index (χ3v) is 6.26. The standard InChI is InChI=1S/C21H30F2O2S/c1-12-17(14-7-9-15(10-8-14)21(6,22)23)18(13(2)26-12)16(19(24)25)11-20(3,4)5/h7,15-16H,8-11H2,1-6H3,(H,24,25). The van der Waals surface area contributed by atoms with Crippen LogP contribution in [0.25, 0.3) is 5.57 Å². The van der Waals surface area contributed by atoms with Crippen LogP contribution < -0.4 is 0 Å². The van der Waals surface area contributed by atoms with E-state index < -0.39 is 23.7 Å². The lowest BCUT2D eigenvalue weighted by Gasteiger charge is -2.29. The summed E-state index contributed by atoms with van der Waals surface area (Å²) < 4.78 is 27.2. The maximum atomic E-state index is 13.6. The van der Waals surface area contributed by atoms with Crippen molar-refractivity contribution in [3.8, 4) is 0 Å². The number of carboxylic acid groups (broad SMARTS) is 1. The van der Waals surface area contributed by atoms with Crippen molar-refractivity contribution in [2.45, 2.75) is 79.1 Å². The van der Waals surface area contributed by atoms with Crippen molar-refractivity contribution in [3.63, 3.8) is 0 Å². The van der Waals surface area contributed by atoms with Gasteiger partial charge in [0.2, 0.25) is 5.92 Å². The molecule has 2 atom stereocenters. The Balaban J connectivity index is 2.45. The minimum absolute atomic E-state index is 0.112. The molecule has 0 aliphatic heterocycles. The van der Waals surface area contributed by atoms with Crippen LogP contribution in [0.1, 0.15) is 80.2 Å². The van der Waals surface area contributed by atoms with E-state index in [1.165, 1.54) is 0 Å². The van der Waals surface area contributed by atoms with Gasteiger partial charge in [-0.25, -0.2) is 8.78 Å². The highest BCUT2D eigenvalue weighted by Crippen LogP contribution is 2.46. The summed E-state index contributed by atoms with van der Waals surface area (Å²) >= 11 is 1.62. The van der Waals surface area contributed by atoms with Crippen molar-refractivity contribution in [3.05, 3.63) is 27.0 Å². The van der Waals surface area contributed by atoms with Gasteiger partial charge < -0.3 is 5.11 Å². The third-order valence-electron chi connectivity index (χ3n) is 5.22. The number of alkyl halides is 2. The molecule has 2 unspecified atom stereocenters. The molecule has 1 heterocycles. The second-order valence-electron chi connectivity index (χ2n) is 8.82. The molecule has 1 N–H and O–H groups in total. The number of halogens is 2. The molecule has 0 spiro atoms.